The zero-order chi connectivity index (χ0) is 19.4. The Bertz CT molecular complexity index is 915. The van der Waals surface area contributed by atoms with Crippen molar-refractivity contribution < 1.29 is 23.9 Å². The average Bonchev–Trinajstić information content (AvgIpc) is 2.90. The van der Waals surface area contributed by atoms with Gasteiger partial charge in [0.1, 0.15) is 0 Å². The molecule has 2 rings (SSSR count). The molecule has 1 aromatic heterocycles. The van der Waals surface area contributed by atoms with Gasteiger partial charge in [0.2, 0.25) is 0 Å². The molecule has 0 fully saturated rings. The van der Waals surface area contributed by atoms with Crippen molar-refractivity contribution in [3.63, 3.8) is 0 Å². The number of ether oxygens (including phenoxy) is 2. The molecule has 26 heavy (non-hydrogen) atoms. The second kappa shape index (κ2) is 7.55. The van der Waals surface area contributed by atoms with Gasteiger partial charge in [-0.25, -0.2) is 24.4 Å². The maximum atomic E-state index is 12.2. The molecule has 0 aliphatic rings. The predicted molar refractivity (Wildman–Crippen MR) is 95.4 cm³/mol. The van der Waals surface area contributed by atoms with Crippen LogP contribution in [0, 0.1) is 6.92 Å². The Morgan fingerprint density at radius 3 is 2.46 bits per heavy atom. The van der Waals surface area contributed by atoms with Crippen LogP contribution in [-0.4, -0.2) is 42.7 Å². The van der Waals surface area contributed by atoms with E-state index < -0.39 is 18.2 Å². The molecule has 0 atom stereocenters. The number of benzene rings is 1. The molecule has 0 radical (unpaired) electrons. The van der Waals surface area contributed by atoms with E-state index in [0.29, 0.717) is 33.6 Å². The number of aromatic nitrogens is 1. The zero-order valence-corrected chi connectivity index (χ0v) is 14.7. The lowest BCUT2D eigenvalue weighted by Crippen LogP contribution is -2.25. The van der Waals surface area contributed by atoms with Gasteiger partial charge < -0.3 is 15.2 Å². The molecule has 0 saturated carbocycles. The van der Waals surface area contributed by atoms with Crippen LogP contribution in [0.2, 0.25) is 0 Å². The molecule has 0 aliphatic heterocycles. The number of hydrazone groups is 1. The summed E-state index contributed by atoms with van der Waals surface area (Å²) >= 11 is 0. The van der Waals surface area contributed by atoms with Crippen LogP contribution >= 0.6 is 0 Å². The van der Waals surface area contributed by atoms with E-state index in [2.05, 4.69) is 20.6 Å². The van der Waals surface area contributed by atoms with Crippen LogP contribution in [0.4, 0.5) is 20.1 Å². The van der Waals surface area contributed by atoms with E-state index in [1.54, 1.807) is 32.0 Å². The van der Waals surface area contributed by atoms with Gasteiger partial charge in [-0.1, -0.05) is 0 Å². The highest BCUT2D eigenvalue weighted by atomic mass is 16.5. The smallest absolute Gasteiger partial charge is 0.418 e. The number of anilines is 1. The van der Waals surface area contributed by atoms with Crippen LogP contribution in [0.5, 0.6) is 0 Å². The van der Waals surface area contributed by atoms with Crippen molar-refractivity contribution in [2.24, 2.45) is 10.8 Å². The first-order chi connectivity index (χ1) is 12.3. The van der Waals surface area contributed by atoms with E-state index in [4.69, 9.17) is 10.5 Å². The summed E-state index contributed by atoms with van der Waals surface area (Å²) in [5.41, 5.74) is 9.77. The van der Waals surface area contributed by atoms with Crippen LogP contribution in [-0.2, 0) is 9.47 Å². The number of fused-ring (bicyclic) bond motifs is 1. The first kappa shape index (κ1) is 18.8. The normalized spacial score (nSPS) is 11.2. The number of hydrogen-bond donors (Lipinski definition) is 3. The number of methoxy groups -OCH3 is 2. The van der Waals surface area contributed by atoms with Crippen molar-refractivity contribution >= 4 is 40.5 Å². The fourth-order valence-corrected chi connectivity index (χ4v) is 2.64. The number of urea groups is 1. The first-order valence-electron chi connectivity index (χ1n) is 7.48. The Morgan fingerprint density at radius 2 is 1.88 bits per heavy atom. The molecule has 138 valence electrons. The largest absolute Gasteiger partial charge is 0.453 e. The van der Waals surface area contributed by atoms with Crippen LogP contribution in [0.1, 0.15) is 18.2 Å². The first-order valence-corrected chi connectivity index (χ1v) is 7.48. The molecule has 0 bridgehead atoms. The number of hydrogen-bond acceptors (Lipinski definition) is 6. The molecule has 3 amide bonds. The minimum absolute atomic E-state index is 0.421. The second-order valence-corrected chi connectivity index (χ2v) is 5.29. The van der Waals surface area contributed by atoms with E-state index in [1.165, 1.54) is 18.8 Å². The molecule has 10 nitrogen and oxygen atoms in total. The third-order valence-electron chi connectivity index (χ3n) is 3.69. The number of carbonyl (C=O) groups excluding carboxylic acids is 3. The molecule has 0 aliphatic carbocycles. The topological polar surface area (TPSA) is 137 Å². The lowest BCUT2D eigenvalue weighted by molar-refractivity contribution is 0.173. The fourth-order valence-electron chi connectivity index (χ4n) is 2.64. The summed E-state index contributed by atoms with van der Waals surface area (Å²) < 4.78 is 10.8. The standard InChI is InChI=1S/C16H19N5O5/c1-8(19-20-14(17)22)13-9(2)21(16(24)26-4)12-6-5-10(7-11(12)13)18-15(23)25-3/h5-7H,1-4H3,(H,18,23)(H3,17,20,22)/b19-8+. The summed E-state index contributed by atoms with van der Waals surface area (Å²) in [5.74, 6) is 0. The monoisotopic (exact) mass is 361 g/mol. The summed E-state index contributed by atoms with van der Waals surface area (Å²) in [6.07, 6.45) is -1.21. The Balaban J connectivity index is 2.70. The Hall–Kier alpha value is -3.56. The summed E-state index contributed by atoms with van der Waals surface area (Å²) in [4.78, 5) is 34.5. The molecule has 4 N–H and O–H groups in total. The van der Waals surface area contributed by atoms with Crippen molar-refractivity contribution in [2.75, 3.05) is 19.5 Å². The molecule has 0 saturated heterocycles. The van der Waals surface area contributed by atoms with E-state index in [1.807, 2.05) is 0 Å². The van der Waals surface area contributed by atoms with Gasteiger partial charge >= 0.3 is 18.2 Å². The third kappa shape index (κ3) is 3.58. The maximum Gasteiger partial charge on any atom is 0.418 e. The molecular formula is C16H19N5O5. The predicted octanol–water partition coefficient (Wildman–Crippen LogP) is 2.13. The number of amides is 3. The van der Waals surface area contributed by atoms with Gasteiger partial charge in [0.15, 0.2) is 0 Å². The van der Waals surface area contributed by atoms with Gasteiger partial charge in [0, 0.05) is 22.3 Å². The molecule has 1 heterocycles. The van der Waals surface area contributed by atoms with Crippen molar-refractivity contribution in [2.45, 2.75) is 13.8 Å². The van der Waals surface area contributed by atoms with E-state index in [9.17, 15) is 14.4 Å². The quantitative estimate of drug-likeness (QED) is 0.568. The minimum Gasteiger partial charge on any atom is -0.453 e. The van der Waals surface area contributed by atoms with Crippen LogP contribution < -0.4 is 16.5 Å². The number of nitrogens with one attached hydrogen (secondary N) is 2. The summed E-state index contributed by atoms with van der Waals surface area (Å²) in [7, 11) is 2.53. The molecule has 0 unspecified atom stereocenters. The number of carbonyl (C=O) groups is 3. The molecule has 0 spiro atoms. The summed E-state index contributed by atoms with van der Waals surface area (Å²) in [6.45, 7) is 3.36. The highest BCUT2D eigenvalue weighted by Crippen LogP contribution is 2.29. The van der Waals surface area contributed by atoms with Gasteiger partial charge in [-0.2, -0.15) is 5.10 Å². The minimum atomic E-state index is -0.813. The number of nitrogens with zero attached hydrogens (tertiary/aromatic N) is 2. The van der Waals surface area contributed by atoms with Crippen molar-refractivity contribution in [1.82, 2.24) is 9.99 Å². The average molecular weight is 361 g/mol. The number of nitrogens with two attached hydrogens (primary N) is 1. The van der Waals surface area contributed by atoms with Gasteiger partial charge in [-0.15, -0.1) is 0 Å². The van der Waals surface area contributed by atoms with Gasteiger partial charge in [-0.05, 0) is 32.0 Å². The Labute approximate surface area is 148 Å². The van der Waals surface area contributed by atoms with E-state index in [-0.39, 0.29) is 0 Å². The van der Waals surface area contributed by atoms with Gasteiger partial charge in [-0.3, -0.25) is 5.32 Å². The zero-order valence-electron chi connectivity index (χ0n) is 14.7. The van der Waals surface area contributed by atoms with Gasteiger partial charge in [0.25, 0.3) is 0 Å². The third-order valence-corrected chi connectivity index (χ3v) is 3.69. The number of primary amides is 1. The van der Waals surface area contributed by atoms with E-state index >= 15 is 0 Å². The Morgan fingerprint density at radius 1 is 1.19 bits per heavy atom. The lowest BCUT2D eigenvalue weighted by atomic mass is 10.1. The maximum absolute atomic E-state index is 12.2. The second-order valence-electron chi connectivity index (χ2n) is 5.29. The van der Waals surface area contributed by atoms with Gasteiger partial charge in [0.05, 0.1) is 25.4 Å². The molecular weight excluding hydrogens is 342 g/mol. The van der Waals surface area contributed by atoms with Crippen molar-refractivity contribution in [3.05, 3.63) is 29.5 Å². The SMILES string of the molecule is COC(=O)Nc1ccc2c(c1)c(/C(C)=N/NC(N)=O)c(C)n2C(=O)OC. The Kier molecular flexibility index (Phi) is 5.45. The lowest BCUT2D eigenvalue weighted by Gasteiger charge is -2.06. The van der Waals surface area contributed by atoms with Crippen molar-refractivity contribution in [1.29, 1.82) is 0 Å². The van der Waals surface area contributed by atoms with Crippen LogP contribution in [0.15, 0.2) is 23.3 Å². The highest BCUT2D eigenvalue weighted by molar-refractivity contribution is 6.13. The summed E-state index contributed by atoms with van der Waals surface area (Å²) in [5, 5.41) is 7.10. The fraction of sp³-hybridized carbons (Fsp3) is 0.250. The molecule has 10 heteroatoms. The van der Waals surface area contributed by atoms with Crippen LogP contribution in [0.25, 0.3) is 10.9 Å². The number of rotatable bonds is 3. The molecule has 2 aromatic rings. The van der Waals surface area contributed by atoms with E-state index in [0.717, 1.165) is 0 Å². The highest BCUT2D eigenvalue weighted by Gasteiger charge is 2.21. The summed E-state index contributed by atoms with van der Waals surface area (Å²) in [6, 6.07) is 4.13. The van der Waals surface area contributed by atoms with Crippen molar-refractivity contribution in [3.8, 4) is 0 Å². The molecule has 1 aromatic carbocycles. The van der Waals surface area contributed by atoms with Crippen LogP contribution in [0.3, 0.4) is 0 Å².